The number of carbonyl (C=O) groups is 1. The minimum Gasteiger partial charge on any atom is -0.348 e. The standard InChI is InChI=1S/C16H15NO/c1-2-3-11-16(18)17-12-14-9-6-8-13-7-4-5-10-15(13)14/h2-11H,1,12H2,(H,17,18)/b11-3+. The van der Waals surface area contributed by atoms with E-state index < -0.39 is 0 Å². The van der Waals surface area contributed by atoms with Crippen LogP contribution in [-0.4, -0.2) is 5.91 Å². The molecule has 0 aliphatic heterocycles. The number of fused-ring (bicyclic) bond motifs is 1. The van der Waals surface area contributed by atoms with Gasteiger partial charge in [0.15, 0.2) is 0 Å². The lowest BCUT2D eigenvalue weighted by Gasteiger charge is -2.06. The Hall–Kier alpha value is -2.35. The molecule has 0 saturated heterocycles. The van der Waals surface area contributed by atoms with E-state index in [0.717, 1.165) is 5.56 Å². The number of hydrogen-bond acceptors (Lipinski definition) is 1. The molecule has 0 unspecified atom stereocenters. The maximum atomic E-state index is 11.5. The summed E-state index contributed by atoms with van der Waals surface area (Å²) in [4.78, 5) is 11.5. The molecule has 1 N–H and O–H groups in total. The largest absolute Gasteiger partial charge is 0.348 e. The monoisotopic (exact) mass is 237 g/mol. The van der Waals surface area contributed by atoms with Gasteiger partial charge in [0.2, 0.25) is 5.91 Å². The van der Waals surface area contributed by atoms with Crippen molar-refractivity contribution in [3.05, 3.63) is 72.8 Å². The fourth-order valence-corrected chi connectivity index (χ4v) is 1.84. The minimum atomic E-state index is -0.108. The number of allylic oxidation sites excluding steroid dienone is 2. The first-order valence-electron chi connectivity index (χ1n) is 5.85. The van der Waals surface area contributed by atoms with E-state index in [2.05, 4.69) is 30.1 Å². The quantitative estimate of drug-likeness (QED) is 0.642. The average molecular weight is 237 g/mol. The minimum absolute atomic E-state index is 0.108. The molecule has 2 rings (SSSR count). The van der Waals surface area contributed by atoms with E-state index in [1.165, 1.54) is 16.8 Å². The average Bonchev–Trinajstić information content (AvgIpc) is 2.42. The number of nitrogens with one attached hydrogen (secondary N) is 1. The topological polar surface area (TPSA) is 29.1 Å². The SMILES string of the molecule is C=C/C=C/C(=O)NCc1cccc2ccccc12. The van der Waals surface area contributed by atoms with E-state index in [9.17, 15) is 4.79 Å². The zero-order chi connectivity index (χ0) is 12.8. The summed E-state index contributed by atoms with van der Waals surface area (Å²) in [7, 11) is 0. The third-order valence-electron chi connectivity index (χ3n) is 2.72. The van der Waals surface area contributed by atoms with Crippen molar-refractivity contribution in [2.75, 3.05) is 0 Å². The Labute approximate surface area is 107 Å². The van der Waals surface area contributed by atoms with Gasteiger partial charge in [-0.2, -0.15) is 0 Å². The molecule has 0 aliphatic carbocycles. The molecule has 2 aromatic rings. The summed E-state index contributed by atoms with van der Waals surface area (Å²) in [6.07, 6.45) is 4.67. The Morgan fingerprint density at radius 3 is 2.78 bits per heavy atom. The number of hydrogen-bond donors (Lipinski definition) is 1. The normalized spacial score (nSPS) is 10.7. The predicted molar refractivity (Wildman–Crippen MR) is 75.1 cm³/mol. The molecule has 0 aliphatic rings. The Kier molecular flexibility index (Phi) is 3.92. The van der Waals surface area contributed by atoms with Gasteiger partial charge < -0.3 is 5.32 Å². The molecular formula is C16H15NO. The van der Waals surface area contributed by atoms with E-state index in [1.54, 1.807) is 12.2 Å². The highest BCUT2D eigenvalue weighted by Gasteiger charge is 2.01. The van der Waals surface area contributed by atoms with Gasteiger partial charge in [0, 0.05) is 12.6 Å². The maximum absolute atomic E-state index is 11.5. The van der Waals surface area contributed by atoms with Gasteiger partial charge in [-0.1, -0.05) is 61.2 Å². The van der Waals surface area contributed by atoms with Crippen LogP contribution in [0.1, 0.15) is 5.56 Å². The third-order valence-corrected chi connectivity index (χ3v) is 2.72. The molecule has 0 spiro atoms. The number of benzene rings is 2. The van der Waals surface area contributed by atoms with Crippen LogP contribution in [-0.2, 0) is 11.3 Å². The molecule has 0 heterocycles. The second kappa shape index (κ2) is 5.82. The van der Waals surface area contributed by atoms with Gasteiger partial charge in [-0.05, 0) is 16.3 Å². The van der Waals surface area contributed by atoms with Crippen LogP contribution in [0.3, 0.4) is 0 Å². The van der Waals surface area contributed by atoms with Crippen LogP contribution >= 0.6 is 0 Å². The molecule has 0 aromatic heterocycles. The first-order chi connectivity index (χ1) is 8.81. The molecule has 0 bridgehead atoms. The summed E-state index contributed by atoms with van der Waals surface area (Å²) in [6.45, 7) is 4.05. The summed E-state index contributed by atoms with van der Waals surface area (Å²) >= 11 is 0. The van der Waals surface area contributed by atoms with Crippen molar-refractivity contribution >= 4 is 16.7 Å². The Morgan fingerprint density at radius 1 is 1.17 bits per heavy atom. The Balaban J connectivity index is 2.15. The molecule has 0 saturated carbocycles. The number of amides is 1. The lowest BCUT2D eigenvalue weighted by molar-refractivity contribution is -0.116. The first kappa shape index (κ1) is 12.1. The van der Waals surface area contributed by atoms with Gasteiger partial charge in [-0.25, -0.2) is 0 Å². The summed E-state index contributed by atoms with van der Waals surface area (Å²) < 4.78 is 0. The summed E-state index contributed by atoms with van der Waals surface area (Å²) in [5.41, 5.74) is 1.12. The van der Waals surface area contributed by atoms with E-state index in [4.69, 9.17) is 0 Å². The molecular weight excluding hydrogens is 222 g/mol. The molecule has 0 fully saturated rings. The van der Waals surface area contributed by atoms with E-state index >= 15 is 0 Å². The highest BCUT2D eigenvalue weighted by atomic mass is 16.1. The third kappa shape index (κ3) is 2.86. The summed E-state index contributed by atoms with van der Waals surface area (Å²) in [6, 6.07) is 14.2. The molecule has 1 amide bonds. The van der Waals surface area contributed by atoms with Crippen molar-refractivity contribution < 1.29 is 4.79 Å². The van der Waals surface area contributed by atoms with Crippen molar-refractivity contribution in [2.45, 2.75) is 6.54 Å². The van der Waals surface area contributed by atoms with E-state index in [-0.39, 0.29) is 5.91 Å². The van der Waals surface area contributed by atoms with E-state index in [0.29, 0.717) is 6.54 Å². The van der Waals surface area contributed by atoms with Crippen LogP contribution in [0.25, 0.3) is 10.8 Å². The van der Waals surface area contributed by atoms with Crippen molar-refractivity contribution in [3.63, 3.8) is 0 Å². The van der Waals surface area contributed by atoms with Crippen LogP contribution in [0.4, 0.5) is 0 Å². The fourth-order valence-electron chi connectivity index (χ4n) is 1.84. The van der Waals surface area contributed by atoms with Gasteiger partial charge in [0.25, 0.3) is 0 Å². The zero-order valence-electron chi connectivity index (χ0n) is 10.1. The number of rotatable bonds is 4. The van der Waals surface area contributed by atoms with Crippen LogP contribution in [0.5, 0.6) is 0 Å². The van der Waals surface area contributed by atoms with Crippen molar-refractivity contribution in [3.8, 4) is 0 Å². The van der Waals surface area contributed by atoms with Crippen LogP contribution in [0, 0.1) is 0 Å². The van der Waals surface area contributed by atoms with Gasteiger partial charge in [0.05, 0.1) is 0 Å². The molecule has 90 valence electrons. The molecule has 18 heavy (non-hydrogen) atoms. The van der Waals surface area contributed by atoms with Crippen LogP contribution in [0.15, 0.2) is 67.3 Å². The summed E-state index contributed by atoms with van der Waals surface area (Å²) in [5, 5.41) is 5.21. The Morgan fingerprint density at radius 2 is 1.94 bits per heavy atom. The highest BCUT2D eigenvalue weighted by molar-refractivity contribution is 5.89. The van der Waals surface area contributed by atoms with Crippen LogP contribution < -0.4 is 5.32 Å². The fraction of sp³-hybridized carbons (Fsp3) is 0.0625. The smallest absolute Gasteiger partial charge is 0.244 e. The predicted octanol–water partition coefficient (Wildman–Crippen LogP) is 3.20. The van der Waals surface area contributed by atoms with E-state index in [1.807, 2.05) is 24.3 Å². The lowest BCUT2D eigenvalue weighted by atomic mass is 10.0. The van der Waals surface area contributed by atoms with Gasteiger partial charge in [0.1, 0.15) is 0 Å². The second-order valence-corrected chi connectivity index (χ2v) is 3.95. The Bertz CT molecular complexity index is 594. The van der Waals surface area contributed by atoms with Crippen molar-refractivity contribution in [1.29, 1.82) is 0 Å². The van der Waals surface area contributed by atoms with Crippen molar-refractivity contribution in [1.82, 2.24) is 5.32 Å². The van der Waals surface area contributed by atoms with Gasteiger partial charge >= 0.3 is 0 Å². The zero-order valence-corrected chi connectivity index (χ0v) is 10.1. The first-order valence-corrected chi connectivity index (χ1v) is 5.85. The molecule has 2 nitrogen and oxygen atoms in total. The number of carbonyl (C=O) groups excluding carboxylic acids is 1. The highest BCUT2D eigenvalue weighted by Crippen LogP contribution is 2.18. The molecule has 0 atom stereocenters. The molecule has 0 radical (unpaired) electrons. The van der Waals surface area contributed by atoms with Gasteiger partial charge in [-0.3, -0.25) is 4.79 Å². The van der Waals surface area contributed by atoms with Crippen LogP contribution in [0.2, 0.25) is 0 Å². The maximum Gasteiger partial charge on any atom is 0.244 e. The summed E-state index contributed by atoms with van der Waals surface area (Å²) in [5.74, 6) is -0.108. The van der Waals surface area contributed by atoms with Crippen molar-refractivity contribution in [2.24, 2.45) is 0 Å². The second-order valence-electron chi connectivity index (χ2n) is 3.95. The lowest BCUT2D eigenvalue weighted by Crippen LogP contribution is -2.20. The molecule has 2 heteroatoms. The molecule has 2 aromatic carbocycles. The van der Waals surface area contributed by atoms with Gasteiger partial charge in [-0.15, -0.1) is 0 Å².